The van der Waals surface area contributed by atoms with Crippen LogP contribution in [0.1, 0.15) is 25.0 Å². The largest absolute Gasteiger partial charge is 0.251 e. The molecule has 6 aromatic rings. The van der Waals surface area contributed by atoms with E-state index in [2.05, 4.69) is 173 Å². The van der Waals surface area contributed by atoms with Gasteiger partial charge in [-0.3, -0.25) is 9.98 Å². The molecule has 0 saturated carbocycles. The van der Waals surface area contributed by atoms with Crippen LogP contribution < -0.4 is 0 Å². The van der Waals surface area contributed by atoms with E-state index >= 15 is 0 Å². The van der Waals surface area contributed by atoms with Gasteiger partial charge in [0.15, 0.2) is 0 Å². The molecule has 0 radical (unpaired) electrons. The van der Waals surface area contributed by atoms with Gasteiger partial charge in [-0.1, -0.05) is 121 Å². The first kappa shape index (κ1) is 28.8. The van der Waals surface area contributed by atoms with Crippen molar-refractivity contribution in [3.63, 3.8) is 0 Å². The fourth-order valence-electron chi connectivity index (χ4n) is 5.65. The zero-order chi connectivity index (χ0) is 30.5. The molecule has 44 heavy (non-hydrogen) atoms. The summed E-state index contributed by atoms with van der Waals surface area (Å²) >= 11 is 0. The van der Waals surface area contributed by atoms with Gasteiger partial charge >= 0.3 is 0 Å². The quantitative estimate of drug-likeness (QED) is 0.171. The smallest absolute Gasteiger partial charge is 0.0790 e. The van der Waals surface area contributed by atoms with Gasteiger partial charge in [-0.2, -0.15) is 0 Å². The average molecular weight is 569 g/mol. The number of nitrogens with zero attached hydrogens (tertiary/aromatic N) is 2. The lowest BCUT2D eigenvalue weighted by Gasteiger charge is -2.16. The Bertz CT molecular complexity index is 1690. The Kier molecular flexibility index (Phi) is 8.43. The van der Waals surface area contributed by atoms with Crippen LogP contribution in [0.15, 0.2) is 156 Å². The molecule has 6 aromatic carbocycles. The molecule has 0 aliphatic rings. The highest BCUT2D eigenvalue weighted by atomic mass is 14.8. The average Bonchev–Trinajstić information content (AvgIpc) is 3.07. The van der Waals surface area contributed by atoms with E-state index in [1.807, 2.05) is 0 Å². The van der Waals surface area contributed by atoms with Crippen LogP contribution in [0, 0.1) is 13.8 Å². The highest BCUT2D eigenvalue weighted by molar-refractivity contribution is 6.42. The Morgan fingerprint density at radius 1 is 0.364 bits per heavy atom. The molecule has 0 atom stereocenters. The van der Waals surface area contributed by atoms with Gasteiger partial charge < -0.3 is 0 Å². The summed E-state index contributed by atoms with van der Waals surface area (Å²) in [4.78, 5) is 10.7. The van der Waals surface area contributed by atoms with Crippen molar-refractivity contribution in [1.82, 2.24) is 0 Å². The first-order valence-corrected chi connectivity index (χ1v) is 15.1. The van der Waals surface area contributed by atoms with Crippen LogP contribution in [0.2, 0.25) is 0 Å². The lowest BCUT2D eigenvalue weighted by molar-refractivity contribution is 1.40. The van der Waals surface area contributed by atoms with Crippen molar-refractivity contribution in [2.75, 3.05) is 0 Å². The van der Waals surface area contributed by atoms with Gasteiger partial charge in [0, 0.05) is 22.3 Å². The van der Waals surface area contributed by atoms with Gasteiger partial charge in [-0.05, 0) is 85.3 Å². The van der Waals surface area contributed by atoms with Crippen molar-refractivity contribution in [3.8, 4) is 44.5 Å². The predicted molar refractivity (Wildman–Crippen MR) is 190 cm³/mol. The SMILES string of the molecule is CC(=Nc1c(-c2ccccc2)cc(C)cc1-c1ccccc1)C(C)=Nc1c(-c2ccccc2)cc(C)cc1-c1ccccc1. The van der Waals surface area contributed by atoms with E-state index in [9.17, 15) is 0 Å². The summed E-state index contributed by atoms with van der Waals surface area (Å²) in [5.74, 6) is 0. The van der Waals surface area contributed by atoms with Crippen LogP contribution in [0.3, 0.4) is 0 Å². The van der Waals surface area contributed by atoms with Crippen LogP contribution in [0.5, 0.6) is 0 Å². The maximum absolute atomic E-state index is 5.36. The molecule has 0 aromatic heterocycles. The summed E-state index contributed by atoms with van der Waals surface area (Å²) in [6.07, 6.45) is 0. The maximum Gasteiger partial charge on any atom is 0.0790 e. The molecule has 2 nitrogen and oxygen atoms in total. The van der Waals surface area contributed by atoms with E-state index < -0.39 is 0 Å². The number of benzene rings is 6. The van der Waals surface area contributed by atoms with E-state index in [4.69, 9.17) is 9.98 Å². The van der Waals surface area contributed by atoms with E-state index in [0.29, 0.717) is 0 Å². The van der Waals surface area contributed by atoms with Gasteiger partial charge in [-0.15, -0.1) is 0 Å². The van der Waals surface area contributed by atoms with Crippen LogP contribution in [-0.2, 0) is 0 Å². The topological polar surface area (TPSA) is 24.7 Å². The summed E-state index contributed by atoms with van der Waals surface area (Å²) in [6.45, 7) is 8.45. The van der Waals surface area contributed by atoms with Gasteiger partial charge in [-0.25, -0.2) is 0 Å². The second-order valence-corrected chi connectivity index (χ2v) is 11.3. The Morgan fingerprint density at radius 3 is 0.818 bits per heavy atom. The third-order valence-corrected chi connectivity index (χ3v) is 7.93. The fourth-order valence-corrected chi connectivity index (χ4v) is 5.65. The number of aryl methyl sites for hydroxylation is 2. The summed E-state index contributed by atoms with van der Waals surface area (Å²) in [6, 6.07) is 51.1. The summed E-state index contributed by atoms with van der Waals surface area (Å²) in [5.41, 5.74) is 15.1. The number of aliphatic imine (C=N–C) groups is 2. The van der Waals surface area contributed by atoms with Crippen molar-refractivity contribution < 1.29 is 0 Å². The molecule has 214 valence electrons. The van der Waals surface area contributed by atoms with Crippen molar-refractivity contribution in [1.29, 1.82) is 0 Å². The van der Waals surface area contributed by atoms with Crippen molar-refractivity contribution in [3.05, 3.63) is 157 Å². The number of hydrogen-bond acceptors (Lipinski definition) is 2. The molecule has 2 heteroatoms. The van der Waals surface area contributed by atoms with E-state index in [1.54, 1.807) is 0 Å². The Balaban J connectivity index is 1.56. The highest BCUT2D eigenvalue weighted by Gasteiger charge is 2.16. The van der Waals surface area contributed by atoms with Crippen LogP contribution >= 0.6 is 0 Å². The van der Waals surface area contributed by atoms with Crippen LogP contribution in [0.4, 0.5) is 11.4 Å². The van der Waals surface area contributed by atoms with Gasteiger partial charge in [0.25, 0.3) is 0 Å². The van der Waals surface area contributed by atoms with E-state index in [0.717, 1.165) is 67.3 Å². The highest BCUT2D eigenvalue weighted by Crippen LogP contribution is 2.42. The predicted octanol–water partition coefficient (Wildman–Crippen LogP) is 11.9. The lowest BCUT2D eigenvalue weighted by Crippen LogP contribution is -2.06. The van der Waals surface area contributed by atoms with Gasteiger partial charge in [0.1, 0.15) is 0 Å². The Hall–Kier alpha value is -5.34. The molecule has 0 bridgehead atoms. The second kappa shape index (κ2) is 12.9. The monoisotopic (exact) mass is 568 g/mol. The number of hydrogen-bond donors (Lipinski definition) is 0. The molecule has 0 spiro atoms. The minimum absolute atomic E-state index is 0.877. The summed E-state index contributed by atoms with van der Waals surface area (Å²) < 4.78 is 0. The summed E-state index contributed by atoms with van der Waals surface area (Å²) in [5, 5.41) is 0. The summed E-state index contributed by atoms with van der Waals surface area (Å²) in [7, 11) is 0. The molecule has 0 unspecified atom stereocenters. The number of rotatable bonds is 7. The first-order valence-electron chi connectivity index (χ1n) is 15.1. The minimum Gasteiger partial charge on any atom is -0.251 e. The molecule has 0 aliphatic carbocycles. The second-order valence-electron chi connectivity index (χ2n) is 11.3. The molecular weight excluding hydrogens is 532 g/mol. The van der Waals surface area contributed by atoms with Crippen LogP contribution in [-0.4, -0.2) is 11.4 Å². The minimum atomic E-state index is 0.877. The fraction of sp³-hybridized carbons (Fsp3) is 0.0952. The third kappa shape index (κ3) is 6.21. The molecule has 0 fully saturated rings. The maximum atomic E-state index is 5.36. The standard InChI is InChI=1S/C42H36N2/c1-29-25-37(33-17-9-5-10-18-33)41(38(26-29)34-19-11-6-12-20-34)43-31(3)32(4)44-42-39(35-21-13-7-14-22-35)27-30(2)28-40(42)36-23-15-8-16-24-36/h5-28H,1-4H3. The van der Waals surface area contributed by atoms with E-state index in [-0.39, 0.29) is 0 Å². The van der Waals surface area contributed by atoms with Gasteiger partial charge in [0.05, 0.1) is 22.8 Å². The molecule has 0 heterocycles. The molecule has 0 amide bonds. The molecular formula is C42H36N2. The van der Waals surface area contributed by atoms with Gasteiger partial charge in [0.2, 0.25) is 0 Å². The van der Waals surface area contributed by atoms with Crippen molar-refractivity contribution >= 4 is 22.8 Å². The molecule has 6 rings (SSSR count). The van der Waals surface area contributed by atoms with Crippen molar-refractivity contribution in [2.24, 2.45) is 9.98 Å². The Labute approximate surface area is 261 Å². The zero-order valence-corrected chi connectivity index (χ0v) is 25.8. The first-order chi connectivity index (χ1) is 21.5. The molecule has 0 aliphatic heterocycles. The molecule has 0 saturated heterocycles. The van der Waals surface area contributed by atoms with Crippen molar-refractivity contribution in [2.45, 2.75) is 27.7 Å². The van der Waals surface area contributed by atoms with E-state index in [1.165, 1.54) is 11.1 Å². The normalized spacial score (nSPS) is 11.9. The lowest BCUT2D eigenvalue weighted by atomic mass is 9.93. The third-order valence-electron chi connectivity index (χ3n) is 7.93. The Morgan fingerprint density at radius 2 is 0.591 bits per heavy atom. The van der Waals surface area contributed by atoms with Crippen LogP contribution in [0.25, 0.3) is 44.5 Å². The molecule has 0 N–H and O–H groups in total. The zero-order valence-electron chi connectivity index (χ0n) is 25.8.